The molecule has 0 amide bonds. The van der Waals surface area contributed by atoms with Gasteiger partial charge in [-0.15, -0.1) is 12.3 Å². The first-order valence-corrected chi connectivity index (χ1v) is 5.30. The maximum Gasteiger partial charge on any atom is 0.310 e. The Morgan fingerprint density at radius 1 is 1.69 bits per heavy atom. The van der Waals surface area contributed by atoms with E-state index in [0.717, 1.165) is 0 Å². The molecule has 0 aromatic heterocycles. The van der Waals surface area contributed by atoms with Crippen molar-refractivity contribution in [2.45, 2.75) is 13.3 Å². The molecule has 0 bridgehead atoms. The summed E-state index contributed by atoms with van der Waals surface area (Å²) in [5.74, 6) is 1.25. The van der Waals surface area contributed by atoms with Crippen LogP contribution in [0.4, 0.5) is 0 Å². The van der Waals surface area contributed by atoms with Crippen molar-refractivity contribution in [3.05, 3.63) is 0 Å². The van der Waals surface area contributed by atoms with Crippen LogP contribution in [0, 0.1) is 18.3 Å². The molecule has 0 rings (SSSR count). The van der Waals surface area contributed by atoms with Crippen molar-refractivity contribution in [3.63, 3.8) is 0 Å². The minimum atomic E-state index is -2.09. The highest BCUT2D eigenvalue weighted by Gasteiger charge is 2.21. The summed E-state index contributed by atoms with van der Waals surface area (Å²) in [6.45, 7) is 1.96. The van der Waals surface area contributed by atoms with Crippen molar-refractivity contribution < 1.29 is 19.3 Å². The van der Waals surface area contributed by atoms with Crippen molar-refractivity contribution in [2.24, 2.45) is 5.92 Å². The zero-order valence-electron chi connectivity index (χ0n) is 7.43. The molecule has 0 fully saturated rings. The Hall–Kier alpha value is -0.620. The maximum atomic E-state index is 11.1. The van der Waals surface area contributed by atoms with E-state index in [-0.39, 0.29) is 19.2 Å². The van der Waals surface area contributed by atoms with Crippen molar-refractivity contribution in [1.29, 1.82) is 0 Å². The SMILES string of the molecule is C#CC[C@H](CP(O)O)C(=O)OCC. The van der Waals surface area contributed by atoms with Gasteiger partial charge in [-0.2, -0.15) is 0 Å². The van der Waals surface area contributed by atoms with Crippen LogP contribution >= 0.6 is 8.38 Å². The van der Waals surface area contributed by atoms with Gasteiger partial charge in [-0.3, -0.25) is 4.79 Å². The highest BCUT2D eigenvalue weighted by molar-refractivity contribution is 7.45. The Bertz CT molecular complexity index is 197. The quantitative estimate of drug-likeness (QED) is 0.388. The molecule has 0 saturated heterocycles. The predicted molar refractivity (Wildman–Crippen MR) is 49.8 cm³/mol. The van der Waals surface area contributed by atoms with E-state index in [9.17, 15) is 4.79 Å². The molecule has 0 unspecified atom stereocenters. The molecule has 74 valence electrons. The highest BCUT2D eigenvalue weighted by atomic mass is 31.2. The lowest BCUT2D eigenvalue weighted by molar-refractivity contribution is -0.147. The second-order valence-corrected chi connectivity index (χ2v) is 3.52. The summed E-state index contributed by atoms with van der Waals surface area (Å²) in [4.78, 5) is 28.6. The van der Waals surface area contributed by atoms with E-state index in [1.807, 2.05) is 0 Å². The Morgan fingerprint density at radius 2 is 2.31 bits per heavy atom. The summed E-state index contributed by atoms with van der Waals surface area (Å²) in [7, 11) is -2.09. The first kappa shape index (κ1) is 12.4. The molecule has 0 aliphatic carbocycles. The van der Waals surface area contributed by atoms with Gasteiger partial charge in [-0.1, -0.05) is 0 Å². The zero-order chi connectivity index (χ0) is 10.3. The first-order chi connectivity index (χ1) is 6.11. The van der Waals surface area contributed by atoms with E-state index in [0.29, 0.717) is 0 Å². The molecule has 0 saturated carbocycles. The van der Waals surface area contributed by atoms with Gasteiger partial charge in [0.15, 0.2) is 8.38 Å². The van der Waals surface area contributed by atoms with Gasteiger partial charge in [-0.05, 0) is 6.92 Å². The van der Waals surface area contributed by atoms with E-state index >= 15 is 0 Å². The summed E-state index contributed by atoms with van der Waals surface area (Å²) in [5.41, 5.74) is 0. The molecule has 4 nitrogen and oxygen atoms in total. The summed E-state index contributed by atoms with van der Waals surface area (Å²) >= 11 is 0. The molecule has 0 heterocycles. The van der Waals surface area contributed by atoms with Crippen molar-refractivity contribution >= 4 is 14.3 Å². The number of terminal acetylenes is 1. The summed E-state index contributed by atoms with van der Waals surface area (Å²) < 4.78 is 4.71. The molecule has 13 heavy (non-hydrogen) atoms. The summed E-state index contributed by atoms with van der Waals surface area (Å²) in [5, 5.41) is 0. The van der Waals surface area contributed by atoms with Gasteiger partial charge in [0.1, 0.15) is 0 Å². The van der Waals surface area contributed by atoms with Crippen molar-refractivity contribution in [2.75, 3.05) is 12.8 Å². The molecule has 0 radical (unpaired) electrons. The average Bonchev–Trinajstić information content (AvgIpc) is 2.03. The van der Waals surface area contributed by atoms with Crippen molar-refractivity contribution in [3.8, 4) is 12.3 Å². The van der Waals surface area contributed by atoms with Crippen LogP contribution in [-0.4, -0.2) is 28.5 Å². The van der Waals surface area contributed by atoms with Crippen LogP contribution in [0.3, 0.4) is 0 Å². The van der Waals surface area contributed by atoms with E-state index < -0.39 is 20.3 Å². The lowest BCUT2D eigenvalue weighted by atomic mass is 10.1. The second kappa shape index (κ2) is 6.85. The highest BCUT2D eigenvalue weighted by Crippen LogP contribution is 2.28. The molecular weight excluding hydrogens is 191 g/mol. The largest absolute Gasteiger partial charge is 0.466 e. The van der Waals surface area contributed by atoms with Crippen LogP contribution in [0.25, 0.3) is 0 Å². The Balaban J connectivity index is 4.08. The Labute approximate surface area is 78.8 Å². The lowest BCUT2D eigenvalue weighted by Gasteiger charge is -2.12. The monoisotopic (exact) mass is 204 g/mol. The fraction of sp³-hybridized carbons (Fsp3) is 0.625. The first-order valence-electron chi connectivity index (χ1n) is 3.87. The van der Waals surface area contributed by atoms with Gasteiger partial charge < -0.3 is 14.5 Å². The normalized spacial score (nSPS) is 12.2. The molecule has 0 aliphatic rings. The third-order valence-corrected chi connectivity index (χ3v) is 2.14. The average molecular weight is 204 g/mol. The molecule has 0 aromatic carbocycles. The van der Waals surface area contributed by atoms with Crippen molar-refractivity contribution in [1.82, 2.24) is 0 Å². The standard InChI is InChI=1S/C8H13O4P/c1-3-5-7(6-13(10)11)8(9)12-4-2/h1,7,10-11H,4-6H2,2H3/t7-/m1/s1. The Morgan fingerprint density at radius 3 is 2.69 bits per heavy atom. The fourth-order valence-electron chi connectivity index (χ4n) is 0.822. The molecule has 0 spiro atoms. The van der Waals surface area contributed by atoms with E-state index in [2.05, 4.69) is 5.92 Å². The third kappa shape index (κ3) is 5.59. The summed E-state index contributed by atoms with van der Waals surface area (Å²) in [6, 6.07) is 0. The van der Waals surface area contributed by atoms with E-state index in [4.69, 9.17) is 20.9 Å². The number of hydrogen-bond acceptors (Lipinski definition) is 4. The van der Waals surface area contributed by atoms with Gasteiger partial charge >= 0.3 is 5.97 Å². The molecule has 5 heteroatoms. The van der Waals surface area contributed by atoms with Crippen LogP contribution in [0.15, 0.2) is 0 Å². The topological polar surface area (TPSA) is 66.8 Å². The minimum absolute atomic E-state index is 0.0155. The van der Waals surface area contributed by atoms with Crippen LogP contribution in [0.1, 0.15) is 13.3 Å². The number of esters is 1. The maximum absolute atomic E-state index is 11.1. The van der Waals surface area contributed by atoms with E-state index in [1.54, 1.807) is 6.92 Å². The molecule has 2 N–H and O–H groups in total. The fourth-order valence-corrected chi connectivity index (χ4v) is 1.49. The molecule has 1 atom stereocenters. The smallest absolute Gasteiger partial charge is 0.310 e. The van der Waals surface area contributed by atoms with E-state index in [1.165, 1.54) is 0 Å². The van der Waals surface area contributed by atoms with Gasteiger partial charge in [0, 0.05) is 12.6 Å². The number of hydrogen-bond donors (Lipinski definition) is 2. The Kier molecular flexibility index (Phi) is 6.52. The number of ether oxygens (including phenoxy) is 1. The van der Waals surface area contributed by atoms with Crippen LogP contribution in [0.2, 0.25) is 0 Å². The summed E-state index contributed by atoms with van der Waals surface area (Å²) in [6.07, 6.45) is 5.19. The van der Waals surface area contributed by atoms with Crippen LogP contribution in [-0.2, 0) is 9.53 Å². The number of rotatable bonds is 5. The van der Waals surface area contributed by atoms with Gasteiger partial charge in [0.2, 0.25) is 0 Å². The molecular formula is C8H13O4P. The number of carbonyl (C=O) groups excluding carboxylic acids is 1. The van der Waals surface area contributed by atoms with Crippen LogP contribution < -0.4 is 0 Å². The predicted octanol–water partition coefficient (Wildman–Crippen LogP) is 0.485. The van der Waals surface area contributed by atoms with Gasteiger partial charge in [0.05, 0.1) is 12.5 Å². The van der Waals surface area contributed by atoms with Crippen LogP contribution in [0.5, 0.6) is 0 Å². The lowest BCUT2D eigenvalue weighted by Crippen LogP contribution is -2.20. The van der Waals surface area contributed by atoms with Gasteiger partial charge in [0.25, 0.3) is 0 Å². The number of carbonyl (C=O) groups is 1. The second-order valence-electron chi connectivity index (χ2n) is 2.41. The third-order valence-electron chi connectivity index (χ3n) is 1.37. The van der Waals surface area contributed by atoms with Gasteiger partial charge in [-0.25, -0.2) is 0 Å². The molecule has 0 aliphatic heterocycles. The molecule has 0 aromatic rings. The minimum Gasteiger partial charge on any atom is -0.466 e. The zero-order valence-corrected chi connectivity index (χ0v) is 8.33.